The Labute approximate surface area is 75.6 Å². The molecule has 12 heavy (non-hydrogen) atoms. The molecule has 72 valence electrons. The molecule has 0 radical (unpaired) electrons. The highest BCUT2D eigenvalue weighted by molar-refractivity contribution is 4.72. The van der Waals surface area contributed by atoms with E-state index in [1.165, 1.54) is 0 Å². The standard InChI is InChI=1S/C9H21N3/c1-4-6-11-8-9(3)12(10)7-5-2/h4,9,11H,1,5-8,10H2,2-3H3. The Morgan fingerprint density at radius 1 is 1.67 bits per heavy atom. The lowest BCUT2D eigenvalue weighted by Gasteiger charge is -2.23. The largest absolute Gasteiger partial charge is 0.312 e. The zero-order valence-electron chi connectivity index (χ0n) is 8.21. The van der Waals surface area contributed by atoms with Crippen LogP contribution in [0.2, 0.25) is 0 Å². The molecule has 0 aromatic rings. The predicted molar refractivity (Wildman–Crippen MR) is 53.7 cm³/mol. The van der Waals surface area contributed by atoms with Gasteiger partial charge in [-0.2, -0.15) is 0 Å². The van der Waals surface area contributed by atoms with Gasteiger partial charge in [-0.1, -0.05) is 13.0 Å². The van der Waals surface area contributed by atoms with Crippen molar-refractivity contribution in [1.82, 2.24) is 10.3 Å². The molecule has 1 atom stereocenters. The third-order valence-corrected chi connectivity index (χ3v) is 1.78. The summed E-state index contributed by atoms with van der Waals surface area (Å²) in [6, 6.07) is 0.393. The molecule has 0 saturated heterocycles. The minimum Gasteiger partial charge on any atom is -0.312 e. The van der Waals surface area contributed by atoms with Crippen LogP contribution in [0.15, 0.2) is 12.7 Å². The molecular weight excluding hydrogens is 150 g/mol. The van der Waals surface area contributed by atoms with E-state index in [4.69, 9.17) is 5.84 Å². The molecule has 0 aromatic heterocycles. The van der Waals surface area contributed by atoms with Gasteiger partial charge in [0.25, 0.3) is 0 Å². The van der Waals surface area contributed by atoms with E-state index in [1.54, 1.807) is 0 Å². The Kier molecular flexibility index (Phi) is 7.05. The van der Waals surface area contributed by atoms with E-state index in [0.717, 1.165) is 26.1 Å². The van der Waals surface area contributed by atoms with E-state index in [-0.39, 0.29) is 0 Å². The van der Waals surface area contributed by atoms with Gasteiger partial charge < -0.3 is 5.32 Å². The van der Waals surface area contributed by atoms with Crippen molar-refractivity contribution in [2.45, 2.75) is 26.3 Å². The lowest BCUT2D eigenvalue weighted by Crippen LogP contribution is -2.45. The van der Waals surface area contributed by atoms with Crippen LogP contribution in [0.3, 0.4) is 0 Å². The molecule has 0 aliphatic heterocycles. The highest BCUT2D eigenvalue weighted by Gasteiger charge is 2.06. The van der Waals surface area contributed by atoms with Crippen LogP contribution in [0.4, 0.5) is 0 Å². The minimum absolute atomic E-state index is 0.393. The van der Waals surface area contributed by atoms with E-state index in [0.29, 0.717) is 6.04 Å². The van der Waals surface area contributed by atoms with Gasteiger partial charge >= 0.3 is 0 Å². The average Bonchev–Trinajstić information content (AvgIpc) is 2.05. The van der Waals surface area contributed by atoms with Crippen molar-refractivity contribution in [1.29, 1.82) is 0 Å². The fourth-order valence-electron chi connectivity index (χ4n) is 0.990. The maximum Gasteiger partial charge on any atom is 0.0337 e. The number of nitrogens with two attached hydrogens (primary N) is 1. The van der Waals surface area contributed by atoms with Crippen LogP contribution in [0.25, 0.3) is 0 Å². The zero-order valence-corrected chi connectivity index (χ0v) is 8.21. The molecule has 0 aromatic carbocycles. The molecule has 0 spiro atoms. The van der Waals surface area contributed by atoms with Gasteiger partial charge in [-0.25, -0.2) is 5.01 Å². The van der Waals surface area contributed by atoms with Crippen LogP contribution in [0.5, 0.6) is 0 Å². The zero-order chi connectivity index (χ0) is 9.40. The second kappa shape index (κ2) is 7.28. The number of nitrogens with one attached hydrogen (secondary N) is 1. The van der Waals surface area contributed by atoms with Gasteiger partial charge in [0.15, 0.2) is 0 Å². The smallest absolute Gasteiger partial charge is 0.0337 e. The van der Waals surface area contributed by atoms with Gasteiger partial charge in [0.1, 0.15) is 0 Å². The molecule has 0 fully saturated rings. The van der Waals surface area contributed by atoms with Crippen molar-refractivity contribution in [2.24, 2.45) is 5.84 Å². The van der Waals surface area contributed by atoms with E-state index in [1.807, 2.05) is 11.1 Å². The molecule has 0 amide bonds. The van der Waals surface area contributed by atoms with Crippen LogP contribution in [0, 0.1) is 0 Å². The summed E-state index contributed by atoms with van der Waals surface area (Å²) in [7, 11) is 0. The van der Waals surface area contributed by atoms with Gasteiger partial charge in [-0.05, 0) is 13.3 Å². The summed E-state index contributed by atoms with van der Waals surface area (Å²) in [5.41, 5.74) is 0. The number of nitrogens with zero attached hydrogens (tertiary/aromatic N) is 1. The molecule has 0 aliphatic rings. The first-order chi connectivity index (χ1) is 5.72. The van der Waals surface area contributed by atoms with Gasteiger partial charge in [0, 0.05) is 25.7 Å². The maximum atomic E-state index is 5.78. The Morgan fingerprint density at radius 2 is 2.33 bits per heavy atom. The highest BCUT2D eigenvalue weighted by Crippen LogP contribution is 1.91. The predicted octanol–water partition coefficient (Wildman–Crippen LogP) is 0.736. The molecule has 3 nitrogen and oxygen atoms in total. The molecule has 0 rings (SSSR count). The summed E-state index contributed by atoms with van der Waals surface area (Å²) < 4.78 is 0. The van der Waals surface area contributed by atoms with Crippen LogP contribution in [-0.2, 0) is 0 Å². The SMILES string of the molecule is C=CCNCC(C)N(N)CCC. The average molecular weight is 171 g/mol. The molecule has 3 heteroatoms. The summed E-state index contributed by atoms with van der Waals surface area (Å²) in [6.45, 7) is 10.6. The van der Waals surface area contributed by atoms with Crippen molar-refractivity contribution < 1.29 is 0 Å². The summed E-state index contributed by atoms with van der Waals surface area (Å²) >= 11 is 0. The van der Waals surface area contributed by atoms with Crippen molar-refractivity contribution in [3.63, 3.8) is 0 Å². The number of hydrogen-bond acceptors (Lipinski definition) is 3. The molecule has 0 bridgehead atoms. The van der Waals surface area contributed by atoms with Gasteiger partial charge in [-0.15, -0.1) is 6.58 Å². The topological polar surface area (TPSA) is 41.3 Å². The second-order valence-corrected chi connectivity index (χ2v) is 3.03. The lowest BCUT2D eigenvalue weighted by atomic mass is 10.3. The Bertz CT molecular complexity index is 114. The fourth-order valence-corrected chi connectivity index (χ4v) is 0.990. The summed E-state index contributed by atoms with van der Waals surface area (Å²) in [5.74, 6) is 5.78. The van der Waals surface area contributed by atoms with Gasteiger partial charge in [0.2, 0.25) is 0 Å². The van der Waals surface area contributed by atoms with Gasteiger partial charge in [0.05, 0.1) is 0 Å². The quantitative estimate of drug-likeness (QED) is 0.257. The van der Waals surface area contributed by atoms with E-state index in [2.05, 4.69) is 25.7 Å². The molecule has 3 N–H and O–H groups in total. The molecule has 0 aliphatic carbocycles. The third-order valence-electron chi connectivity index (χ3n) is 1.78. The molecule has 0 saturated carbocycles. The number of rotatable bonds is 7. The summed E-state index contributed by atoms with van der Waals surface area (Å²) in [6.07, 6.45) is 2.95. The van der Waals surface area contributed by atoms with E-state index < -0.39 is 0 Å². The number of hydrogen-bond donors (Lipinski definition) is 2. The first-order valence-corrected chi connectivity index (χ1v) is 4.55. The normalized spacial score (nSPS) is 13.3. The van der Waals surface area contributed by atoms with Crippen LogP contribution < -0.4 is 11.2 Å². The molecule has 0 heterocycles. The third kappa shape index (κ3) is 5.29. The summed E-state index contributed by atoms with van der Waals surface area (Å²) in [5, 5.41) is 5.11. The first-order valence-electron chi connectivity index (χ1n) is 4.55. The van der Waals surface area contributed by atoms with Crippen molar-refractivity contribution >= 4 is 0 Å². The van der Waals surface area contributed by atoms with E-state index >= 15 is 0 Å². The molecular formula is C9H21N3. The monoisotopic (exact) mass is 171 g/mol. The van der Waals surface area contributed by atoms with Crippen molar-refractivity contribution in [2.75, 3.05) is 19.6 Å². The minimum atomic E-state index is 0.393. The maximum absolute atomic E-state index is 5.78. The first kappa shape index (κ1) is 11.6. The number of hydrazine groups is 1. The van der Waals surface area contributed by atoms with Crippen LogP contribution in [0.1, 0.15) is 20.3 Å². The Hall–Kier alpha value is -0.380. The van der Waals surface area contributed by atoms with Crippen LogP contribution in [-0.4, -0.2) is 30.7 Å². The lowest BCUT2D eigenvalue weighted by molar-refractivity contribution is 0.211. The highest BCUT2D eigenvalue weighted by atomic mass is 15.4. The Balaban J connectivity index is 3.41. The Morgan fingerprint density at radius 3 is 2.83 bits per heavy atom. The second-order valence-electron chi connectivity index (χ2n) is 3.03. The van der Waals surface area contributed by atoms with Gasteiger partial charge in [-0.3, -0.25) is 5.84 Å². The molecule has 1 unspecified atom stereocenters. The fraction of sp³-hybridized carbons (Fsp3) is 0.778. The van der Waals surface area contributed by atoms with Crippen LogP contribution >= 0.6 is 0 Å². The van der Waals surface area contributed by atoms with E-state index in [9.17, 15) is 0 Å². The van der Waals surface area contributed by atoms with Crippen molar-refractivity contribution in [3.8, 4) is 0 Å². The summed E-state index contributed by atoms with van der Waals surface area (Å²) in [4.78, 5) is 0. The van der Waals surface area contributed by atoms with Crippen molar-refractivity contribution in [3.05, 3.63) is 12.7 Å².